The number of benzene rings is 1. The Labute approximate surface area is 167 Å². The third kappa shape index (κ3) is 11.7. The van der Waals surface area contributed by atoms with Crippen molar-refractivity contribution in [2.45, 2.75) is 97.4 Å². The van der Waals surface area contributed by atoms with Gasteiger partial charge in [0, 0.05) is 12.5 Å². The van der Waals surface area contributed by atoms with Crippen LogP contribution in [0, 0.1) is 5.92 Å². The zero-order chi connectivity index (χ0) is 19.7. The van der Waals surface area contributed by atoms with Gasteiger partial charge in [-0.15, -0.1) is 0 Å². The first kappa shape index (κ1) is 23.5. The summed E-state index contributed by atoms with van der Waals surface area (Å²) >= 11 is 0. The van der Waals surface area contributed by atoms with E-state index in [0.717, 1.165) is 17.5 Å². The first-order valence-corrected chi connectivity index (χ1v) is 11.2. The molecule has 2 heteroatoms. The van der Waals surface area contributed by atoms with Crippen molar-refractivity contribution in [1.82, 2.24) is 5.32 Å². The minimum atomic E-state index is 0.107. The Kier molecular flexibility index (Phi) is 13.5. The van der Waals surface area contributed by atoms with E-state index >= 15 is 0 Å². The molecule has 1 aromatic carbocycles. The summed E-state index contributed by atoms with van der Waals surface area (Å²) in [5, 5.41) is 3.06. The fraction of sp³-hybridized carbons (Fsp3) is 0.640. The molecule has 0 aromatic heterocycles. The molecule has 1 rings (SSSR count). The van der Waals surface area contributed by atoms with Crippen LogP contribution in [-0.4, -0.2) is 5.91 Å². The van der Waals surface area contributed by atoms with Gasteiger partial charge in [0.1, 0.15) is 0 Å². The lowest BCUT2D eigenvalue weighted by Crippen LogP contribution is -2.28. The van der Waals surface area contributed by atoms with E-state index in [2.05, 4.69) is 18.8 Å². The molecule has 0 aliphatic rings. The Bertz CT molecular complexity index is 506. The second-order valence-corrected chi connectivity index (χ2v) is 7.89. The molecule has 1 N–H and O–H groups in total. The van der Waals surface area contributed by atoms with Gasteiger partial charge in [-0.3, -0.25) is 4.79 Å². The molecule has 27 heavy (non-hydrogen) atoms. The molecular formula is C25H41NO. The number of carbonyl (C=O) groups is 1. The zero-order valence-electron chi connectivity index (χ0n) is 17.8. The van der Waals surface area contributed by atoms with Crippen molar-refractivity contribution in [3.8, 4) is 0 Å². The van der Waals surface area contributed by atoms with Crippen LogP contribution >= 0.6 is 0 Å². The molecule has 0 fully saturated rings. The monoisotopic (exact) mass is 371 g/mol. The summed E-state index contributed by atoms with van der Waals surface area (Å²) in [6.45, 7) is 8.69. The quantitative estimate of drug-likeness (QED) is 0.304. The fourth-order valence-corrected chi connectivity index (χ4v) is 3.38. The Balaban J connectivity index is 1.99. The molecule has 0 radical (unpaired) electrons. The highest BCUT2D eigenvalue weighted by Crippen LogP contribution is 2.14. The molecule has 0 bridgehead atoms. The van der Waals surface area contributed by atoms with Crippen molar-refractivity contribution < 1.29 is 4.79 Å². The highest BCUT2D eigenvalue weighted by Gasteiger charge is 2.11. The van der Waals surface area contributed by atoms with E-state index in [0.29, 0.717) is 6.54 Å². The molecule has 1 amide bonds. The Hall–Kier alpha value is -1.57. The molecule has 1 atom stereocenters. The highest BCUT2D eigenvalue weighted by atomic mass is 16.1. The average Bonchev–Trinajstić information content (AvgIpc) is 2.70. The fourth-order valence-electron chi connectivity index (χ4n) is 3.38. The second kappa shape index (κ2) is 15.5. The third-order valence-electron chi connectivity index (χ3n) is 5.37. The van der Waals surface area contributed by atoms with Crippen LogP contribution in [0.25, 0.3) is 6.08 Å². The standard InChI is InChI=1S/C25H41NO/c1-4-6-7-8-9-10-11-12-13-14-15-16-22(3)25(27)26-21-24-19-17-23(5-2)18-20-24/h5,17-20,22H,2,4,6-16,21H2,1,3H3,(H,26,27). The Morgan fingerprint density at radius 1 is 0.926 bits per heavy atom. The predicted octanol–water partition coefficient (Wildman–Crippen LogP) is 7.28. The summed E-state index contributed by atoms with van der Waals surface area (Å²) in [6.07, 6.45) is 17.7. The average molecular weight is 372 g/mol. The number of hydrogen-bond acceptors (Lipinski definition) is 1. The molecule has 0 aliphatic carbocycles. The van der Waals surface area contributed by atoms with E-state index in [1.54, 1.807) is 0 Å². The number of amides is 1. The third-order valence-corrected chi connectivity index (χ3v) is 5.37. The summed E-state index contributed by atoms with van der Waals surface area (Å²) in [7, 11) is 0. The topological polar surface area (TPSA) is 29.1 Å². The first-order valence-electron chi connectivity index (χ1n) is 11.2. The maximum Gasteiger partial charge on any atom is 0.223 e. The van der Waals surface area contributed by atoms with Crippen LogP contribution in [0.15, 0.2) is 30.8 Å². The minimum Gasteiger partial charge on any atom is -0.352 e. The summed E-state index contributed by atoms with van der Waals surface area (Å²) in [6, 6.07) is 8.16. The van der Waals surface area contributed by atoms with E-state index in [4.69, 9.17) is 0 Å². The molecule has 0 spiro atoms. The summed E-state index contributed by atoms with van der Waals surface area (Å²) in [5.41, 5.74) is 2.24. The van der Waals surface area contributed by atoms with Gasteiger partial charge >= 0.3 is 0 Å². The van der Waals surface area contributed by atoms with Crippen molar-refractivity contribution in [1.29, 1.82) is 0 Å². The SMILES string of the molecule is C=Cc1ccc(CNC(=O)C(C)CCCCCCCCCCCCC)cc1. The van der Waals surface area contributed by atoms with Crippen molar-refractivity contribution in [2.24, 2.45) is 5.92 Å². The number of unbranched alkanes of at least 4 members (excludes halogenated alkanes) is 10. The first-order chi connectivity index (χ1) is 13.2. The van der Waals surface area contributed by atoms with E-state index in [1.165, 1.54) is 70.6 Å². The van der Waals surface area contributed by atoms with Gasteiger partial charge in [0.25, 0.3) is 0 Å². The van der Waals surface area contributed by atoms with Crippen molar-refractivity contribution in [2.75, 3.05) is 0 Å². The Morgan fingerprint density at radius 2 is 1.44 bits per heavy atom. The van der Waals surface area contributed by atoms with E-state index in [-0.39, 0.29) is 11.8 Å². The molecule has 0 heterocycles. The van der Waals surface area contributed by atoms with Crippen LogP contribution in [0.4, 0.5) is 0 Å². The normalized spacial score (nSPS) is 11.9. The number of carbonyl (C=O) groups excluding carboxylic acids is 1. The zero-order valence-corrected chi connectivity index (χ0v) is 17.8. The van der Waals surface area contributed by atoms with Gasteiger partial charge in [0.05, 0.1) is 0 Å². The minimum absolute atomic E-state index is 0.107. The van der Waals surface area contributed by atoms with Gasteiger partial charge in [-0.05, 0) is 17.5 Å². The second-order valence-electron chi connectivity index (χ2n) is 7.89. The molecule has 0 saturated heterocycles. The van der Waals surface area contributed by atoms with E-state index < -0.39 is 0 Å². The lowest BCUT2D eigenvalue weighted by molar-refractivity contribution is -0.124. The molecule has 0 saturated carbocycles. The van der Waals surface area contributed by atoms with Gasteiger partial charge in [0.15, 0.2) is 0 Å². The molecule has 1 unspecified atom stereocenters. The molecule has 0 aliphatic heterocycles. The summed E-state index contributed by atoms with van der Waals surface area (Å²) < 4.78 is 0. The van der Waals surface area contributed by atoms with Gasteiger partial charge in [-0.25, -0.2) is 0 Å². The molecule has 1 aromatic rings. The lowest BCUT2D eigenvalue weighted by atomic mass is 10.0. The molecular weight excluding hydrogens is 330 g/mol. The van der Waals surface area contributed by atoms with Gasteiger partial charge in [-0.2, -0.15) is 0 Å². The largest absolute Gasteiger partial charge is 0.352 e. The van der Waals surface area contributed by atoms with Crippen LogP contribution in [-0.2, 0) is 11.3 Å². The van der Waals surface area contributed by atoms with Gasteiger partial charge in [0.2, 0.25) is 5.91 Å². The number of hydrogen-bond donors (Lipinski definition) is 1. The van der Waals surface area contributed by atoms with E-state index in [1.807, 2.05) is 37.3 Å². The van der Waals surface area contributed by atoms with Crippen LogP contribution in [0.3, 0.4) is 0 Å². The number of nitrogens with one attached hydrogen (secondary N) is 1. The molecule has 2 nitrogen and oxygen atoms in total. The maximum atomic E-state index is 12.2. The van der Waals surface area contributed by atoms with E-state index in [9.17, 15) is 4.79 Å². The summed E-state index contributed by atoms with van der Waals surface area (Å²) in [5.74, 6) is 0.283. The Morgan fingerprint density at radius 3 is 1.96 bits per heavy atom. The molecule has 152 valence electrons. The maximum absolute atomic E-state index is 12.2. The lowest BCUT2D eigenvalue weighted by Gasteiger charge is -2.12. The van der Waals surface area contributed by atoms with Crippen molar-refractivity contribution in [3.05, 3.63) is 42.0 Å². The smallest absolute Gasteiger partial charge is 0.223 e. The van der Waals surface area contributed by atoms with Crippen molar-refractivity contribution in [3.63, 3.8) is 0 Å². The highest BCUT2D eigenvalue weighted by molar-refractivity contribution is 5.78. The number of rotatable bonds is 16. The van der Waals surface area contributed by atoms with Crippen LogP contribution in [0.2, 0.25) is 0 Å². The van der Waals surface area contributed by atoms with Crippen molar-refractivity contribution >= 4 is 12.0 Å². The van der Waals surface area contributed by atoms with Gasteiger partial charge in [-0.1, -0.05) is 121 Å². The predicted molar refractivity (Wildman–Crippen MR) is 119 cm³/mol. The van der Waals surface area contributed by atoms with Crippen LogP contribution < -0.4 is 5.32 Å². The van der Waals surface area contributed by atoms with Crippen LogP contribution in [0.5, 0.6) is 0 Å². The summed E-state index contributed by atoms with van der Waals surface area (Å²) in [4.78, 5) is 12.2. The van der Waals surface area contributed by atoms with Crippen LogP contribution in [0.1, 0.15) is 102 Å². The van der Waals surface area contributed by atoms with Gasteiger partial charge < -0.3 is 5.32 Å².